The van der Waals surface area contributed by atoms with E-state index in [1.54, 1.807) is 6.92 Å². The fraction of sp³-hybridized carbons (Fsp3) is 0.625. The molecular weight excluding hydrogens is 222 g/mol. The van der Waals surface area contributed by atoms with Gasteiger partial charge < -0.3 is 10.4 Å². The molecule has 0 aromatic carbocycles. The van der Waals surface area contributed by atoms with Crippen molar-refractivity contribution >= 4 is 16.1 Å². The molecule has 0 aliphatic heterocycles. The summed E-state index contributed by atoms with van der Waals surface area (Å²) in [6.45, 7) is 1.63. The zero-order valence-corrected chi connectivity index (χ0v) is 8.99. The molecule has 0 rings (SSSR count). The molecule has 0 aliphatic rings. The first-order valence-electron chi connectivity index (χ1n) is 4.15. The van der Waals surface area contributed by atoms with Crippen LogP contribution in [0.5, 0.6) is 0 Å². The minimum Gasteiger partial charge on any atom is -0.480 e. The second-order valence-electron chi connectivity index (χ2n) is 3.07. The van der Waals surface area contributed by atoms with E-state index in [-0.39, 0.29) is 19.0 Å². The maximum atomic E-state index is 10.6. The lowest BCUT2D eigenvalue weighted by atomic mass is 10.2. The third-order valence-electron chi connectivity index (χ3n) is 1.70. The molecule has 0 aliphatic carbocycles. The van der Waals surface area contributed by atoms with E-state index in [1.807, 2.05) is 0 Å². The van der Waals surface area contributed by atoms with Crippen LogP contribution in [0, 0.1) is 18.3 Å². The molecule has 0 saturated carbocycles. The van der Waals surface area contributed by atoms with E-state index in [0.717, 1.165) is 0 Å². The van der Waals surface area contributed by atoms with Crippen LogP contribution >= 0.6 is 0 Å². The van der Waals surface area contributed by atoms with E-state index < -0.39 is 21.3 Å². The van der Waals surface area contributed by atoms with Crippen molar-refractivity contribution in [3.8, 4) is 12.3 Å². The number of rotatable bonds is 6. The highest BCUT2D eigenvalue weighted by atomic mass is 32.2. The Labute approximate surface area is 88.4 Å². The molecule has 0 aromatic heterocycles. The lowest BCUT2D eigenvalue weighted by molar-refractivity contribution is -0.136. The van der Waals surface area contributed by atoms with Crippen molar-refractivity contribution in [3.63, 3.8) is 0 Å². The summed E-state index contributed by atoms with van der Waals surface area (Å²) in [6.07, 6.45) is 5.06. The first-order chi connectivity index (χ1) is 6.79. The predicted molar refractivity (Wildman–Crippen MR) is 53.8 cm³/mol. The normalized spacial score (nSPS) is 15.3. The number of nitrogens with one attached hydrogen (secondary N) is 1. The minimum absolute atomic E-state index is 0.138. The van der Waals surface area contributed by atoms with Gasteiger partial charge in [0.05, 0.1) is 0 Å². The molecule has 0 saturated heterocycles. The Hall–Kier alpha value is -1.10. The van der Waals surface area contributed by atoms with Gasteiger partial charge >= 0.3 is 5.97 Å². The van der Waals surface area contributed by atoms with Gasteiger partial charge in [0, 0.05) is 19.0 Å². The van der Waals surface area contributed by atoms with Gasteiger partial charge in [-0.3, -0.25) is 9.35 Å². The quantitative estimate of drug-likeness (QED) is 0.411. The van der Waals surface area contributed by atoms with E-state index in [1.165, 1.54) is 0 Å². The molecule has 0 bridgehead atoms. The van der Waals surface area contributed by atoms with E-state index in [2.05, 4.69) is 11.2 Å². The van der Waals surface area contributed by atoms with Crippen LogP contribution in [0.2, 0.25) is 0 Å². The number of carbonyl (C=O) groups is 1. The van der Waals surface area contributed by atoms with Crippen molar-refractivity contribution in [1.82, 2.24) is 5.32 Å². The van der Waals surface area contributed by atoms with E-state index in [0.29, 0.717) is 0 Å². The third kappa shape index (κ3) is 5.37. The van der Waals surface area contributed by atoms with Crippen LogP contribution in [0.3, 0.4) is 0 Å². The number of hydrogen-bond acceptors (Lipinski definition) is 4. The fourth-order valence-corrected chi connectivity index (χ4v) is 1.39. The van der Waals surface area contributed by atoms with Gasteiger partial charge in [0.1, 0.15) is 0 Å². The van der Waals surface area contributed by atoms with Gasteiger partial charge in [-0.15, -0.1) is 12.3 Å². The minimum atomic E-state index is -4.58. The molecule has 0 fully saturated rings. The van der Waals surface area contributed by atoms with Crippen LogP contribution in [0.4, 0.5) is 0 Å². The Balaban J connectivity index is 4.24. The van der Waals surface area contributed by atoms with Crippen molar-refractivity contribution < 1.29 is 22.9 Å². The number of hydrogen-bond donors (Lipinski definition) is 3. The van der Waals surface area contributed by atoms with Crippen LogP contribution in [-0.4, -0.2) is 42.4 Å². The van der Waals surface area contributed by atoms with Crippen molar-refractivity contribution in [3.05, 3.63) is 0 Å². The number of carboxylic acid groups (broad SMARTS) is 1. The topological polar surface area (TPSA) is 104 Å². The summed E-state index contributed by atoms with van der Waals surface area (Å²) >= 11 is 0. The Morgan fingerprint density at radius 1 is 1.53 bits per heavy atom. The van der Waals surface area contributed by atoms with Crippen molar-refractivity contribution in [2.45, 2.75) is 12.2 Å². The molecule has 0 spiro atoms. The maximum absolute atomic E-state index is 10.6. The highest BCUT2D eigenvalue weighted by molar-refractivity contribution is 7.87. The van der Waals surface area contributed by atoms with Crippen LogP contribution in [-0.2, 0) is 14.9 Å². The lowest BCUT2D eigenvalue weighted by Gasteiger charge is -2.11. The molecule has 86 valence electrons. The van der Waals surface area contributed by atoms with Gasteiger partial charge in [-0.2, -0.15) is 8.42 Å². The first kappa shape index (κ1) is 13.9. The molecule has 0 radical (unpaired) electrons. The van der Waals surface area contributed by atoms with Crippen LogP contribution in [0.1, 0.15) is 6.92 Å². The Bertz CT molecular complexity index is 356. The smallest absolute Gasteiger partial charge is 0.325 e. The first-order valence-corrected chi connectivity index (χ1v) is 5.65. The summed E-state index contributed by atoms with van der Waals surface area (Å²) in [5.74, 6) is 0.648. The molecule has 15 heavy (non-hydrogen) atoms. The molecule has 0 amide bonds. The van der Waals surface area contributed by atoms with Crippen LogP contribution in [0.25, 0.3) is 0 Å². The van der Waals surface area contributed by atoms with Gasteiger partial charge in [-0.25, -0.2) is 0 Å². The van der Waals surface area contributed by atoms with Gasteiger partial charge in [-0.1, -0.05) is 6.92 Å². The molecule has 0 heterocycles. The summed E-state index contributed by atoms with van der Waals surface area (Å²) in [4.78, 5) is 10.5. The van der Waals surface area contributed by atoms with Crippen LogP contribution in [0.15, 0.2) is 0 Å². The van der Waals surface area contributed by atoms with Crippen molar-refractivity contribution in [2.24, 2.45) is 5.92 Å². The SMILES string of the molecule is C#CC(C)CNCC(C(=O)O)S(=O)(=O)O. The lowest BCUT2D eigenvalue weighted by Crippen LogP contribution is -2.40. The summed E-state index contributed by atoms with van der Waals surface area (Å²) in [6, 6.07) is 0. The van der Waals surface area contributed by atoms with Gasteiger partial charge in [-0.05, 0) is 0 Å². The second kappa shape index (κ2) is 5.70. The summed E-state index contributed by atoms with van der Waals surface area (Å²) in [5, 5.41) is 9.21. The fourth-order valence-electron chi connectivity index (χ4n) is 0.810. The molecule has 7 heteroatoms. The zero-order chi connectivity index (χ0) is 12.1. The summed E-state index contributed by atoms with van der Waals surface area (Å²) in [7, 11) is -4.58. The Morgan fingerprint density at radius 2 is 2.07 bits per heavy atom. The third-order valence-corrected chi connectivity index (χ3v) is 2.79. The molecule has 6 nitrogen and oxygen atoms in total. The highest BCUT2D eigenvalue weighted by Crippen LogP contribution is 1.98. The van der Waals surface area contributed by atoms with Crippen molar-refractivity contribution in [2.75, 3.05) is 13.1 Å². The number of terminal acetylenes is 1. The largest absolute Gasteiger partial charge is 0.480 e. The molecule has 2 atom stereocenters. The summed E-state index contributed by atoms with van der Waals surface area (Å²) < 4.78 is 29.8. The van der Waals surface area contributed by atoms with E-state index in [4.69, 9.17) is 16.1 Å². The number of aliphatic carboxylic acids is 1. The number of carboxylic acids is 1. The molecule has 2 unspecified atom stereocenters. The highest BCUT2D eigenvalue weighted by Gasteiger charge is 2.30. The Kier molecular flexibility index (Phi) is 5.28. The molecule has 0 aromatic rings. The van der Waals surface area contributed by atoms with E-state index in [9.17, 15) is 13.2 Å². The Morgan fingerprint density at radius 3 is 2.40 bits per heavy atom. The average molecular weight is 235 g/mol. The molecular formula is C8H13NO5S. The van der Waals surface area contributed by atoms with Crippen molar-refractivity contribution in [1.29, 1.82) is 0 Å². The standard InChI is InChI=1S/C8H13NO5S/c1-3-6(2)4-9-5-7(8(10)11)15(12,13)14/h1,6-7,9H,4-5H2,2H3,(H,10,11)(H,12,13,14). The second-order valence-corrected chi connectivity index (χ2v) is 4.67. The predicted octanol–water partition coefficient (Wildman–Crippen LogP) is -0.814. The maximum Gasteiger partial charge on any atom is 0.325 e. The van der Waals surface area contributed by atoms with Gasteiger partial charge in [0.15, 0.2) is 5.25 Å². The summed E-state index contributed by atoms with van der Waals surface area (Å²) in [5.41, 5.74) is 0. The monoisotopic (exact) mass is 235 g/mol. The average Bonchev–Trinajstić information content (AvgIpc) is 2.09. The van der Waals surface area contributed by atoms with Gasteiger partial charge in [0.25, 0.3) is 10.1 Å². The van der Waals surface area contributed by atoms with Gasteiger partial charge in [0.2, 0.25) is 0 Å². The molecule has 3 N–H and O–H groups in total. The van der Waals surface area contributed by atoms with Crippen LogP contribution < -0.4 is 5.32 Å². The zero-order valence-electron chi connectivity index (χ0n) is 8.17. The van der Waals surface area contributed by atoms with E-state index >= 15 is 0 Å².